The highest BCUT2D eigenvalue weighted by Crippen LogP contribution is 2.23. The molecule has 0 aliphatic carbocycles. The first-order valence-corrected chi connectivity index (χ1v) is 11.0. The Morgan fingerprint density at radius 1 is 1.23 bits per heavy atom. The number of ketones is 1. The molecule has 11 heteroatoms. The minimum atomic E-state index is -0.397. The Kier molecular flexibility index (Phi) is 7.91. The van der Waals surface area contributed by atoms with Crippen molar-refractivity contribution >= 4 is 67.8 Å². The highest BCUT2D eigenvalue weighted by atomic mass is 127. The van der Waals surface area contributed by atoms with Gasteiger partial charge in [-0.2, -0.15) is 8.47 Å². The number of nitrogens with zero attached hydrogens (tertiary/aromatic N) is 4. The van der Waals surface area contributed by atoms with Gasteiger partial charge in [0.15, 0.2) is 5.84 Å². The normalized spacial score (nSPS) is 14.6. The Morgan fingerprint density at radius 3 is 2.58 bits per heavy atom. The predicted octanol–water partition coefficient (Wildman–Crippen LogP) is 4.53. The number of anilines is 2. The summed E-state index contributed by atoms with van der Waals surface area (Å²) in [6.45, 7) is 0.824. The van der Waals surface area contributed by atoms with Crippen LogP contribution in [-0.4, -0.2) is 40.6 Å². The molecule has 1 saturated heterocycles. The van der Waals surface area contributed by atoms with Crippen LogP contribution >= 0.6 is 38.8 Å². The van der Waals surface area contributed by atoms with Crippen molar-refractivity contribution in [2.24, 2.45) is 9.12 Å². The van der Waals surface area contributed by atoms with E-state index in [1.54, 1.807) is 33.8 Å². The van der Waals surface area contributed by atoms with Gasteiger partial charge < -0.3 is 15.5 Å². The lowest BCUT2D eigenvalue weighted by molar-refractivity contribution is -0.117. The molecule has 0 atom stereocenters. The van der Waals surface area contributed by atoms with Crippen molar-refractivity contribution in [2.45, 2.75) is 12.8 Å². The van der Waals surface area contributed by atoms with Crippen LogP contribution in [0, 0.1) is 23.1 Å². The van der Waals surface area contributed by atoms with Gasteiger partial charge >= 0.3 is 6.03 Å². The third-order valence-electron chi connectivity index (χ3n) is 4.78. The number of carbonyl (C=O) groups excluding carboxylic acids is 2. The number of nitriles is 1. The summed E-state index contributed by atoms with van der Waals surface area (Å²) in [5.74, 6) is -0.642. The molecule has 0 saturated carbocycles. The van der Waals surface area contributed by atoms with Gasteiger partial charge in [0.25, 0.3) is 0 Å². The molecule has 8 nitrogen and oxygen atoms in total. The zero-order chi connectivity index (χ0) is 22.4. The molecule has 31 heavy (non-hydrogen) atoms. The largest absolute Gasteiger partial charge is 0.337 e. The molecule has 2 N–H and O–H groups in total. The van der Waals surface area contributed by atoms with Gasteiger partial charge in [0, 0.05) is 36.6 Å². The van der Waals surface area contributed by atoms with Crippen LogP contribution in [0.4, 0.5) is 20.6 Å². The first-order chi connectivity index (χ1) is 14.9. The van der Waals surface area contributed by atoms with E-state index in [0.29, 0.717) is 37.3 Å². The van der Waals surface area contributed by atoms with E-state index >= 15 is 0 Å². The fourth-order valence-corrected chi connectivity index (χ4v) is 3.88. The number of Topliss-reactive ketones (excluding diaryl/α,β-unsaturated/α-hetero) is 1. The molecule has 0 spiro atoms. The van der Waals surface area contributed by atoms with Gasteiger partial charge in [0.2, 0.25) is 5.78 Å². The highest BCUT2D eigenvalue weighted by Gasteiger charge is 2.30. The Balaban J connectivity index is 1.56. The van der Waals surface area contributed by atoms with Crippen molar-refractivity contribution in [3.05, 3.63) is 52.5 Å². The van der Waals surface area contributed by atoms with Gasteiger partial charge in [-0.15, -0.1) is 0 Å². The standard InChI is InChI=1S/C20H17BrFIN6O2/c21-16-10-13(1-2-17(16)22)26-19(28-23)18(30)12-4-7-29(8-5-12)20(31)27-14-3-6-25-15(9-14)11-24/h1-3,6,9-10,12H,4-5,7-8H2,(H,26,28)(H,25,27,31). The number of halogens is 3. The molecule has 2 amide bonds. The molecular weight excluding hydrogens is 582 g/mol. The first kappa shape index (κ1) is 23.1. The molecule has 0 unspecified atom stereocenters. The van der Waals surface area contributed by atoms with E-state index in [1.807, 2.05) is 6.07 Å². The van der Waals surface area contributed by atoms with Gasteiger partial charge in [-0.05, 0) is 59.1 Å². The second-order valence-corrected chi connectivity index (χ2v) is 8.12. The Hall–Kier alpha value is -2.59. The van der Waals surface area contributed by atoms with Gasteiger partial charge in [0.1, 0.15) is 17.6 Å². The van der Waals surface area contributed by atoms with Crippen LogP contribution in [0.25, 0.3) is 0 Å². The van der Waals surface area contributed by atoms with E-state index in [-0.39, 0.29) is 33.7 Å². The summed E-state index contributed by atoms with van der Waals surface area (Å²) >= 11 is 4.87. The quantitative estimate of drug-likeness (QED) is 0.305. The topological polar surface area (TPSA) is 110 Å². The number of aromatic nitrogens is 1. The number of likely N-dealkylation sites (tertiary alicyclic amines) is 1. The average Bonchev–Trinajstić information content (AvgIpc) is 2.79. The fourth-order valence-electron chi connectivity index (χ4n) is 3.15. The number of nitrogens with one attached hydrogen (secondary N) is 2. The van der Waals surface area contributed by atoms with Crippen LogP contribution in [0.5, 0.6) is 0 Å². The molecule has 3 rings (SSSR count). The number of amides is 2. The van der Waals surface area contributed by atoms with Crippen LogP contribution in [0.3, 0.4) is 0 Å². The maximum Gasteiger partial charge on any atom is 0.321 e. The molecular formula is C20H17BrFIN6O2. The van der Waals surface area contributed by atoms with Gasteiger partial charge in [-0.25, -0.2) is 14.2 Å². The van der Waals surface area contributed by atoms with E-state index in [2.05, 4.69) is 34.8 Å². The number of carbonyl (C=O) groups is 2. The van der Waals surface area contributed by atoms with E-state index in [4.69, 9.17) is 5.26 Å². The Labute approximate surface area is 200 Å². The molecule has 2 heterocycles. The van der Waals surface area contributed by atoms with Crippen LogP contribution < -0.4 is 10.6 Å². The maximum absolute atomic E-state index is 13.4. The third-order valence-corrected chi connectivity index (χ3v) is 5.87. The number of rotatable bonds is 4. The highest BCUT2D eigenvalue weighted by molar-refractivity contribution is 14.1. The molecule has 0 bridgehead atoms. The summed E-state index contributed by atoms with van der Waals surface area (Å²) < 4.78 is 17.7. The summed E-state index contributed by atoms with van der Waals surface area (Å²) in [7, 11) is 0. The third kappa shape index (κ3) is 5.98. The minimum Gasteiger partial charge on any atom is -0.337 e. The number of urea groups is 1. The summed E-state index contributed by atoms with van der Waals surface area (Å²) in [5, 5.41) is 14.6. The lowest BCUT2D eigenvalue weighted by Crippen LogP contribution is -2.44. The number of piperidine rings is 1. The molecule has 2 aromatic rings. The Morgan fingerprint density at radius 2 is 1.94 bits per heavy atom. The van der Waals surface area contributed by atoms with Crippen LogP contribution in [0.2, 0.25) is 0 Å². The number of benzene rings is 1. The summed E-state index contributed by atoms with van der Waals surface area (Å²) in [6, 6.07) is 9.09. The van der Waals surface area contributed by atoms with Crippen molar-refractivity contribution in [1.82, 2.24) is 9.88 Å². The number of pyridine rings is 1. The van der Waals surface area contributed by atoms with Gasteiger partial charge in [-0.1, -0.05) is 0 Å². The van der Waals surface area contributed by atoms with Gasteiger partial charge in [-0.3, -0.25) is 4.79 Å². The van der Waals surface area contributed by atoms with Crippen molar-refractivity contribution in [1.29, 1.82) is 5.26 Å². The average molecular weight is 599 g/mol. The van der Waals surface area contributed by atoms with Crippen molar-refractivity contribution in [2.75, 3.05) is 23.7 Å². The molecule has 0 radical (unpaired) electrons. The van der Waals surface area contributed by atoms with Crippen molar-refractivity contribution in [3.8, 4) is 6.07 Å². The maximum atomic E-state index is 13.4. The number of hydrogen-bond donors (Lipinski definition) is 2. The molecule has 1 aliphatic heterocycles. The van der Waals surface area contributed by atoms with E-state index in [9.17, 15) is 14.0 Å². The molecule has 1 fully saturated rings. The molecule has 1 aromatic heterocycles. The second-order valence-electron chi connectivity index (χ2n) is 6.78. The predicted molar refractivity (Wildman–Crippen MR) is 126 cm³/mol. The minimum absolute atomic E-state index is 0.150. The SMILES string of the molecule is N#Cc1cc(NC(=O)N2CCC(C(=O)/C(=N/I)Nc3ccc(F)c(Br)c3)CC2)ccn1. The van der Waals surface area contributed by atoms with E-state index in [0.717, 1.165) is 0 Å². The number of amidine groups is 1. The van der Waals surface area contributed by atoms with Crippen LogP contribution in [0.1, 0.15) is 18.5 Å². The summed E-state index contributed by atoms with van der Waals surface area (Å²) in [6.07, 6.45) is 2.45. The fraction of sp³-hybridized carbons (Fsp3) is 0.250. The summed E-state index contributed by atoms with van der Waals surface area (Å²) in [5.41, 5.74) is 1.25. The first-order valence-electron chi connectivity index (χ1n) is 9.28. The monoisotopic (exact) mass is 598 g/mol. The zero-order valence-electron chi connectivity index (χ0n) is 16.1. The number of hydrogen-bond acceptors (Lipinski definition) is 5. The smallest absolute Gasteiger partial charge is 0.321 e. The molecule has 1 aromatic carbocycles. The van der Waals surface area contributed by atoms with Crippen LogP contribution in [0.15, 0.2) is 44.2 Å². The lowest BCUT2D eigenvalue weighted by Gasteiger charge is -2.31. The van der Waals surface area contributed by atoms with E-state index < -0.39 is 5.82 Å². The van der Waals surface area contributed by atoms with Crippen molar-refractivity contribution in [3.63, 3.8) is 0 Å². The van der Waals surface area contributed by atoms with Crippen LogP contribution in [-0.2, 0) is 4.79 Å². The van der Waals surface area contributed by atoms with Crippen molar-refractivity contribution < 1.29 is 14.0 Å². The van der Waals surface area contributed by atoms with E-state index in [1.165, 1.54) is 30.5 Å². The Bertz CT molecular complexity index is 1070. The second kappa shape index (κ2) is 10.6. The summed E-state index contributed by atoms with van der Waals surface area (Å²) in [4.78, 5) is 30.9. The van der Waals surface area contributed by atoms with Gasteiger partial charge in [0.05, 0.1) is 27.3 Å². The molecule has 160 valence electrons. The molecule has 1 aliphatic rings. The zero-order valence-corrected chi connectivity index (χ0v) is 19.9. The lowest BCUT2D eigenvalue weighted by atomic mass is 9.92.